The molecule has 1 N–H and O–H groups in total. The van der Waals surface area contributed by atoms with Crippen molar-refractivity contribution >= 4 is 30.2 Å². The number of aromatic nitrogens is 1. The van der Waals surface area contributed by atoms with E-state index in [2.05, 4.69) is 18.1 Å². The zero-order valence-corrected chi connectivity index (χ0v) is 13.2. The van der Waals surface area contributed by atoms with Crippen molar-refractivity contribution in [2.45, 2.75) is 34.6 Å². The number of allylic oxidation sites excluding steroid dienone is 2. The van der Waals surface area contributed by atoms with Crippen LogP contribution in [0.2, 0.25) is 0 Å². The summed E-state index contributed by atoms with van der Waals surface area (Å²) in [5.74, 6) is 0.405. The summed E-state index contributed by atoms with van der Waals surface area (Å²) in [5, 5.41) is 0. The van der Waals surface area contributed by atoms with E-state index in [0.717, 1.165) is 0 Å². The van der Waals surface area contributed by atoms with Crippen LogP contribution in [0, 0.1) is 4.84 Å². The van der Waals surface area contributed by atoms with Gasteiger partial charge in [-0.05, 0) is 31.3 Å². The molecule has 0 aliphatic carbocycles. The van der Waals surface area contributed by atoms with Crippen LogP contribution in [0.1, 0.15) is 46.1 Å². The topological polar surface area (TPSA) is 46.0 Å². The third-order valence-corrected chi connectivity index (χ3v) is 2.01. The van der Waals surface area contributed by atoms with E-state index in [1.54, 1.807) is 12.2 Å². The molecule has 0 bridgehead atoms. The lowest BCUT2D eigenvalue weighted by Gasteiger charge is -1.94. The highest BCUT2D eigenvalue weighted by Crippen LogP contribution is 2.15. The number of H-pyrrole nitrogens is 1. The van der Waals surface area contributed by atoms with Gasteiger partial charge >= 0.3 is 0 Å². The maximum absolute atomic E-state index is 11.1. The van der Waals surface area contributed by atoms with Gasteiger partial charge in [0, 0.05) is 5.57 Å². The Morgan fingerprint density at radius 1 is 1.26 bits per heavy atom. The Balaban J connectivity index is 0. The molecule has 1 heterocycles. The van der Waals surface area contributed by atoms with Crippen LogP contribution in [-0.2, 0) is 4.79 Å². The van der Waals surface area contributed by atoms with Crippen molar-refractivity contribution < 1.29 is 9.21 Å². The molecule has 0 spiro atoms. The summed E-state index contributed by atoms with van der Waals surface area (Å²) >= 11 is 4.83. The number of rotatable bonds is 4. The average molecular weight is 281 g/mol. The van der Waals surface area contributed by atoms with Crippen LogP contribution in [0.25, 0.3) is 12.2 Å². The first-order valence-corrected chi connectivity index (χ1v) is 6.70. The fourth-order valence-corrected chi connectivity index (χ4v) is 1.26. The third-order valence-electron chi connectivity index (χ3n) is 1.82. The highest BCUT2D eigenvalue weighted by molar-refractivity contribution is 7.71. The monoisotopic (exact) mass is 281 g/mol. The van der Waals surface area contributed by atoms with Gasteiger partial charge in [0.15, 0.2) is 11.5 Å². The van der Waals surface area contributed by atoms with Crippen molar-refractivity contribution in [2.75, 3.05) is 0 Å². The minimum atomic E-state index is -0.0812. The molecule has 3 nitrogen and oxygen atoms in total. The zero-order valence-electron chi connectivity index (χ0n) is 12.4. The van der Waals surface area contributed by atoms with Gasteiger partial charge < -0.3 is 9.40 Å². The number of carbonyl (C=O) groups excluding carboxylic acids is 1. The van der Waals surface area contributed by atoms with Crippen LogP contribution in [-0.4, -0.2) is 10.8 Å². The highest BCUT2D eigenvalue weighted by atomic mass is 32.1. The van der Waals surface area contributed by atoms with E-state index in [0.29, 0.717) is 17.0 Å². The fourth-order valence-electron chi connectivity index (χ4n) is 1.06. The van der Waals surface area contributed by atoms with Crippen LogP contribution in [0.3, 0.4) is 0 Å². The second-order valence-corrected chi connectivity index (χ2v) is 3.23. The summed E-state index contributed by atoms with van der Waals surface area (Å²) in [6.45, 7) is 16.6. The quantitative estimate of drug-likeness (QED) is 0.469. The van der Waals surface area contributed by atoms with Gasteiger partial charge in [-0.25, -0.2) is 0 Å². The van der Waals surface area contributed by atoms with E-state index < -0.39 is 0 Å². The first-order chi connectivity index (χ1) is 9.08. The maximum Gasteiger partial charge on any atom is 0.266 e. The lowest BCUT2D eigenvalue weighted by atomic mass is 10.1. The Morgan fingerprint density at radius 2 is 1.79 bits per heavy atom. The standard InChI is InChI=1S/C11H11NO2S.2C2H6/c1-4-8(7(3)13)6-10-9(5-2)12-11(15)14-10;2*1-2/h4-6H,1-2H2,3H3,(H,12,15);2*1-2H3/b8-6+;;. The number of aromatic amines is 1. The second-order valence-electron chi connectivity index (χ2n) is 2.86. The number of carbonyl (C=O) groups is 1. The summed E-state index contributed by atoms with van der Waals surface area (Å²) in [4.78, 5) is 14.2. The number of ketones is 1. The first-order valence-electron chi connectivity index (χ1n) is 6.29. The summed E-state index contributed by atoms with van der Waals surface area (Å²) in [6, 6.07) is 0. The normalized spacial score (nSPS) is 9.42. The Kier molecular flexibility index (Phi) is 11.8. The van der Waals surface area contributed by atoms with Gasteiger partial charge in [0.05, 0.1) is 5.69 Å². The summed E-state index contributed by atoms with van der Waals surface area (Å²) < 4.78 is 5.20. The summed E-state index contributed by atoms with van der Waals surface area (Å²) in [6.07, 6.45) is 4.63. The van der Waals surface area contributed by atoms with Crippen molar-refractivity contribution in [3.63, 3.8) is 0 Å². The molecule has 0 aliphatic rings. The lowest BCUT2D eigenvalue weighted by molar-refractivity contribution is -0.113. The van der Waals surface area contributed by atoms with E-state index >= 15 is 0 Å². The molecule has 19 heavy (non-hydrogen) atoms. The van der Waals surface area contributed by atoms with Gasteiger partial charge in [-0.15, -0.1) is 0 Å². The fraction of sp³-hybridized carbons (Fsp3) is 0.333. The van der Waals surface area contributed by atoms with Gasteiger partial charge in [-0.2, -0.15) is 0 Å². The zero-order chi connectivity index (χ0) is 15.4. The molecule has 0 aromatic carbocycles. The van der Waals surface area contributed by atoms with Crippen molar-refractivity contribution in [1.82, 2.24) is 4.98 Å². The largest absolute Gasteiger partial charge is 0.429 e. The molecule has 0 amide bonds. The van der Waals surface area contributed by atoms with E-state index in [4.69, 9.17) is 16.6 Å². The highest BCUT2D eigenvalue weighted by Gasteiger charge is 2.05. The molecule has 0 aliphatic heterocycles. The van der Waals surface area contributed by atoms with Gasteiger partial charge in [0.2, 0.25) is 0 Å². The predicted molar refractivity (Wildman–Crippen MR) is 85.5 cm³/mol. The van der Waals surface area contributed by atoms with Gasteiger partial charge in [0.25, 0.3) is 4.84 Å². The molecule has 1 aromatic heterocycles. The summed E-state index contributed by atoms with van der Waals surface area (Å²) in [7, 11) is 0. The molecule has 4 heteroatoms. The smallest absolute Gasteiger partial charge is 0.266 e. The molecule has 1 aromatic rings. The summed E-state index contributed by atoms with van der Waals surface area (Å²) in [5.41, 5.74) is 1.12. The maximum atomic E-state index is 11.1. The molecule has 0 radical (unpaired) electrons. The molecule has 1 rings (SSSR count). The number of hydrogen-bond acceptors (Lipinski definition) is 3. The molecule has 106 valence electrons. The second kappa shape index (κ2) is 11.4. The van der Waals surface area contributed by atoms with Gasteiger partial charge in [-0.1, -0.05) is 46.9 Å². The van der Waals surface area contributed by atoms with E-state index in [1.165, 1.54) is 13.0 Å². The molecular weight excluding hydrogens is 258 g/mol. The minimum absolute atomic E-state index is 0.0812. The van der Waals surface area contributed by atoms with Gasteiger partial charge in [-0.3, -0.25) is 4.79 Å². The molecule has 0 fully saturated rings. The average Bonchev–Trinajstić information content (AvgIpc) is 2.80. The number of hydrogen-bond donors (Lipinski definition) is 1. The SMILES string of the molecule is C=C/C(=C\c1oc(=S)[nH]c1C=C)C(C)=O.CC.CC. The number of nitrogens with one attached hydrogen (secondary N) is 1. The van der Waals surface area contributed by atoms with E-state index in [-0.39, 0.29) is 10.6 Å². The van der Waals surface area contributed by atoms with Crippen LogP contribution in [0.15, 0.2) is 29.2 Å². The van der Waals surface area contributed by atoms with Crippen LogP contribution >= 0.6 is 12.2 Å². The first kappa shape index (κ1) is 19.7. The molecule has 0 saturated carbocycles. The minimum Gasteiger partial charge on any atom is -0.429 e. The van der Waals surface area contributed by atoms with Crippen LogP contribution in [0.5, 0.6) is 0 Å². The van der Waals surface area contributed by atoms with E-state index in [1.807, 2.05) is 27.7 Å². The Morgan fingerprint density at radius 3 is 2.16 bits per heavy atom. The van der Waals surface area contributed by atoms with Crippen molar-refractivity contribution in [3.05, 3.63) is 41.1 Å². The number of Topliss-reactive ketones (excluding diaryl/α,β-unsaturated/α-hetero) is 1. The van der Waals surface area contributed by atoms with Crippen molar-refractivity contribution in [3.8, 4) is 0 Å². The van der Waals surface area contributed by atoms with Gasteiger partial charge in [0.1, 0.15) is 0 Å². The number of oxazole rings is 1. The third kappa shape index (κ3) is 6.72. The van der Waals surface area contributed by atoms with Crippen LogP contribution < -0.4 is 0 Å². The molecule has 0 atom stereocenters. The lowest BCUT2D eigenvalue weighted by Crippen LogP contribution is -1.92. The Bertz CT molecular complexity index is 492. The van der Waals surface area contributed by atoms with Crippen LogP contribution in [0.4, 0.5) is 0 Å². The molecular formula is C15H23NO2S. The molecule has 0 unspecified atom stereocenters. The Labute approximate surface area is 120 Å². The van der Waals surface area contributed by atoms with E-state index in [9.17, 15) is 4.79 Å². The Hall–Kier alpha value is -1.68. The predicted octanol–water partition coefficient (Wildman–Crippen LogP) is 5.19. The van der Waals surface area contributed by atoms with Crippen molar-refractivity contribution in [2.24, 2.45) is 0 Å². The van der Waals surface area contributed by atoms with Crippen molar-refractivity contribution in [1.29, 1.82) is 0 Å². The molecule has 0 saturated heterocycles.